The van der Waals surface area contributed by atoms with E-state index in [9.17, 15) is 4.79 Å². The molecular formula is C15H14ClN2O2+. The maximum atomic E-state index is 11.9. The molecule has 0 aliphatic heterocycles. The second kappa shape index (κ2) is 6.21. The highest BCUT2D eigenvalue weighted by molar-refractivity contribution is 6.33. The van der Waals surface area contributed by atoms with Crippen LogP contribution in [-0.4, -0.2) is 11.8 Å². The molecule has 0 aliphatic rings. The quantitative estimate of drug-likeness (QED) is 0.386. The summed E-state index contributed by atoms with van der Waals surface area (Å²) in [6, 6.07) is 14.2. The van der Waals surface area contributed by atoms with Crippen molar-refractivity contribution in [1.82, 2.24) is 0 Å². The first-order valence-corrected chi connectivity index (χ1v) is 6.37. The Morgan fingerprint density at radius 3 is 2.55 bits per heavy atom. The fourth-order valence-corrected chi connectivity index (χ4v) is 1.93. The molecule has 2 aromatic carbocycles. The smallest absolute Gasteiger partial charge is 0.284 e. The molecule has 0 spiro atoms. The fraction of sp³-hybridized carbons (Fsp3) is 0.0667. The fourth-order valence-electron chi connectivity index (χ4n) is 1.62. The number of amidine groups is 1. The molecular weight excluding hydrogens is 276 g/mol. The highest BCUT2D eigenvalue weighted by atomic mass is 35.5. The van der Waals surface area contributed by atoms with Gasteiger partial charge in [-0.25, -0.2) is 4.79 Å². The first-order valence-electron chi connectivity index (χ1n) is 5.99. The molecule has 4 nitrogen and oxygen atoms in total. The molecule has 0 amide bonds. The Bertz CT molecular complexity index is 654. The number of aryl methyl sites for hydroxylation is 1. The molecule has 5 heteroatoms. The van der Waals surface area contributed by atoms with E-state index in [1.54, 1.807) is 30.3 Å². The Morgan fingerprint density at radius 2 is 1.90 bits per heavy atom. The molecule has 0 saturated heterocycles. The van der Waals surface area contributed by atoms with Crippen molar-refractivity contribution in [2.45, 2.75) is 6.92 Å². The molecule has 0 radical (unpaired) electrons. The average Bonchev–Trinajstić information content (AvgIpc) is 2.45. The van der Waals surface area contributed by atoms with Gasteiger partial charge in [0.05, 0.1) is 16.1 Å². The number of nitrogens with two attached hydrogens (primary N) is 1. The summed E-state index contributed by atoms with van der Waals surface area (Å²) >= 11 is 5.99. The molecule has 0 heterocycles. The van der Waals surface area contributed by atoms with Gasteiger partial charge in [-0.1, -0.05) is 41.0 Å². The SMILES string of the molecule is Cc1ccc(C(=O)O[NH+]=C(N)c2ccccc2)c(Cl)c1. The van der Waals surface area contributed by atoms with Crippen molar-refractivity contribution in [2.24, 2.45) is 5.73 Å². The third kappa shape index (κ3) is 3.36. The molecule has 3 N–H and O–H groups in total. The zero-order chi connectivity index (χ0) is 14.5. The minimum Gasteiger partial charge on any atom is -0.284 e. The van der Waals surface area contributed by atoms with Crippen LogP contribution >= 0.6 is 11.6 Å². The summed E-state index contributed by atoms with van der Waals surface area (Å²) in [5.74, 6) is -0.337. The summed E-state index contributed by atoms with van der Waals surface area (Å²) in [4.78, 5) is 16.8. The summed E-state index contributed by atoms with van der Waals surface area (Å²) in [5.41, 5.74) is 7.76. The summed E-state index contributed by atoms with van der Waals surface area (Å²) in [6.07, 6.45) is 0. The average molecular weight is 290 g/mol. The second-order valence-electron chi connectivity index (χ2n) is 4.25. The molecule has 0 bridgehead atoms. The first kappa shape index (κ1) is 14.1. The van der Waals surface area contributed by atoms with Gasteiger partial charge in [-0.05, 0) is 36.8 Å². The van der Waals surface area contributed by atoms with Crippen LogP contribution in [0.1, 0.15) is 21.5 Å². The number of carbonyl (C=O) groups excluding carboxylic acids is 1. The molecule has 0 atom stereocenters. The second-order valence-corrected chi connectivity index (χ2v) is 4.66. The molecule has 2 rings (SSSR count). The number of rotatable bonds is 3. The Hall–Kier alpha value is -2.33. The van der Waals surface area contributed by atoms with Gasteiger partial charge < -0.3 is 0 Å². The molecule has 2 aromatic rings. The van der Waals surface area contributed by atoms with E-state index in [0.29, 0.717) is 5.02 Å². The van der Waals surface area contributed by atoms with E-state index in [2.05, 4.69) is 5.16 Å². The largest absolute Gasteiger partial charge is 0.389 e. The van der Waals surface area contributed by atoms with Gasteiger partial charge in [0.25, 0.3) is 0 Å². The summed E-state index contributed by atoms with van der Waals surface area (Å²) in [5, 5.41) is 2.77. The molecule has 0 saturated carbocycles. The van der Waals surface area contributed by atoms with Crippen molar-refractivity contribution in [3.63, 3.8) is 0 Å². The zero-order valence-corrected chi connectivity index (χ0v) is 11.6. The Morgan fingerprint density at radius 1 is 1.20 bits per heavy atom. The normalized spacial score (nSPS) is 11.2. The van der Waals surface area contributed by atoms with E-state index in [1.165, 1.54) is 0 Å². The van der Waals surface area contributed by atoms with E-state index >= 15 is 0 Å². The number of carbonyl (C=O) groups is 1. The highest BCUT2D eigenvalue weighted by Crippen LogP contribution is 2.17. The number of nitrogens with one attached hydrogen (secondary N) is 1. The summed E-state index contributed by atoms with van der Waals surface area (Å²) < 4.78 is 0. The van der Waals surface area contributed by atoms with Crippen LogP contribution in [0.3, 0.4) is 0 Å². The molecule has 0 aromatic heterocycles. The van der Waals surface area contributed by atoms with Gasteiger partial charge in [0.1, 0.15) is 0 Å². The van der Waals surface area contributed by atoms with Gasteiger partial charge in [0, 0.05) is 0 Å². The Labute approximate surface area is 121 Å². The van der Waals surface area contributed by atoms with Gasteiger partial charge in [-0.3, -0.25) is 10.6 Å². The van der Waals surface area contributed by atoms with Crippen LogP contribution in [-0.2, 0) is 4.84 Å². The highest BCUT2D eigenvalue weighted by Gasteiger charge is 2.14. The van der Waals surface area contributed by atoms with E-state index in [-0.39, 0.29) is 11.4 Å². The topological polar surface area (TPSA) is 66.3 Å². The minimum absolute atomic E-state index is 0.252. The summed E-state index contributed by atoms with van der Waals surface area (Å²) in [7, 11) is 0. The number of benzene rings is 2. The number of halogens is 1. The van der Waals surface area contributed by atoms with Crippen molar-refractivity contribution < 1.29 is 14.8 Å². The van der Waals surface area contributed by atoms with E-state index in [4.69, 9.17) is 22.2 Å². The van der Waals surface area contributed by atoms with E-state index in [1.807, 2.05) is 25.1 Å². The predicted molar refractivity (Wildman–Crippen MR) is 77.3 cm³/mol. The number of hydrogen-bond acceptors (Lipinski definition) is 2. The third-order valence-electron chi connectivity index (χ3n) is 2.68. The van der Waals surface area contributed by atoms with Gasteiger partial charge in [0.15, 0.2) is 0 Å². The lowest BCUT2D eigenvalue weighted by molar-refractivity contribution is -0.721. The van der Waals surface area contributed by atoms with Gasteiger partial charge in [-0.2, -0.15) is 0 Å². The Balaban J connectivity index is 2.12. The minimum atomic E-state index is -0.589. The molecule has 0 unspecified atom stereocenters. The lowest BCUT2D eigenvalue weighted by Gasteiger charge is -2.01. The lowest BCUT2D eigenvalue weighted by Crippen LogP contribution is -2.75. The first-order chi connectivity index (χ1) is 9.58. The van der Waals surface area contributed by atoms with Crippen LogP contribution in [0, 0.1) is 6.92 Å². The van der Waals surface area contributed by atoms with Crippen LogP contribution in [0.15, 0.2) is 48.5 Å². The molecule has 20 heavy (non-hydrogen) atoms. The van der Waals surface area contributed by atoms with Crippen LogP contribution < -0.4 is 10.9 Å². The Kier molecular flexibility index (Phi) is 4.38. The van der Waals surface area contributed by atoms with Crippen LogP contribution in [0.4, 0.5) is 0 Å². The van der Waals surface area contributed by atoms with Crippen LogP contribution in [0.25, 0.3) is 0 Å². The van der Waals surface area contributed by atoms with Crippen molar-refractivity contribution in [1.29, 1.82) is 0 Å². The van der Waals surface area contributed by atoms with Gasteiger partial charge >= 0.3 is 11.8 Å². The van der Waals surface area contributed by atoms with Crippen molar-refractivity contribution in [3.8, 4) is 0 Å². The monoisotopic (exact) mass is 289 g/mol. The lowest BCUT2D eigenvalue weighted by atomic mass is 10.1. The van der Waals surface area contributed by atoms with Crippen LogP contribution in [0.2, 0.25) is 5.02 Å². The maximum absolute atomic E-state index is 11.9. The van der Waals surface area contributed by atoms with Crippen LogP contribution in [0.5, 0.6) is 0 Å². The molecule has 0 fully saturated rings. The van der Waals surface area contributed by atoms with Crippen molar-refractivity contribution >= 4 is 23.4 Å². The predicted octanol–water partition coefficient (Wildman–Crippen LogP) is 1.21. The molecule has 0 aliphatic carbocycles. The number of nitrogen functional groups attached to an aromatic ring is 1. The summed E-state index contributed by atoms with van der Waals surface area (Å²) in [6.45, 7) is 1.89. The number of hydrogen-bond donors (Lipinski definition) is 2. The molecule has 102 valence electrons. The van der Waals surface area contributed by atoms with Crippen molar-refractivity contribution in [2.75, 3.05) is 0 Å². The van der Waals surface area contributed by atoms with Crippen molar-refractivity contribution in [3.05, 3.63) is 70.2 Å². The maximum Gasteiger partial charge on any atom is 0.389 e. The van der Waals surface area contributed by atoms with E-state index in [0.717, 1.165) is 11.1 Å². The standard InChI is InChI=1S/C15H13ClN2O2/c1-10-7-8-12(13(16)9-10)15(19)20-18-14(17)11-5-3-2-4-6-11/h2-9H,1H3,(H2,17,18)/p+1. The van der Waals surface area contributed by atoms with Gasteiger partial charge in [-0.15, -0.1) is 0 Å². The zero-order valence-electron chi connectivity index (χ0n) is 10.9. The van der Waals surface area contributed by atoms with E-state index < -0.39 is 5.97 Å². The third-order valence-corrected chi connectivity index (χ3v) is 3.00. The van der Waals surface area contributed by atoms with Gasteiger partial charge in [0.2, 0.25) is 0 Å².